The lowest BCUT2D eigenvalue weighted by Crippen LogP contribution is -2.15. The Morgan fingerprint density at radius 2 is 1.95 bits per heavy atom. The highest BCUT2D eigenvalue weighted by atomic mass is 19.2. The molecule has 3 N–H and O–H groups in total. The number of nitrogens with one attached hydrogen (secondary N) is 2. The van der Waals surface area contributed by atoms with Crippen LogP contribution in [0.5, 0.6) is 5.75 Å². The highest BCUT2D eigenvalue weighted by Crippen LogP contribution is 2.27. The van der Waals surface area contributed by atoms with Crippen molar-refractivity contribution in [2.45, 2.75) is 13.8 Å². The number of nitrogens with zero attached hydrogens (tertiary/aromatic N) is 1. The number of rotatable bonds is 2. The number of benzene rings is 1. The summed E-state index contributed by atoms with van der Waals surface area (Å²) in [6.45, 7) is 3.22. The molecule has 0 aliphatic heterocycles. The van der Waals surface area contributed by atoms with E-state index in [1.54, 1.807) is 13.8 Å². The van der Waals surface area contributed by atoms with E-state index < -0.39 is 34.7 Å². The lowest BCUT2D eigenvalue weighted by molar-refractivity contribution is 0.102. The summed E-state index contributed by atoms with van der Waals surface area (Å²) in [6, 6.07) is 0.379. The largest absolute Gasteiger partial charge is 0.503 e. The Bertz CT molecular complexity index is 678. The number of aromatic amines is 1. The van der Waals surface area contributed by atoms with Crippen LogP contribution in [0.4, 0.5) is 18.9 Å². The summed E-state index contributed by atoms with van der Waals surface area (Å²) < 4.78 is 39.6. The maximum Gasteiger partial charge on any atom is 0.258 e. The van der Waals surface area contributed by atoms with Crippen molar-refractivity contribution in [2.24, 2.45) is 0 Å². The van der Waals surface area contributed by atoms with E-state index in [-0.39, 0.29) is 0 Å². The van der Waals surface area contributed by atoms with Crippen LogP contribution in [-0.2, 0) is 0 Å². The minimum atomic E-state index is -1.74. The first-order valence-corrected chi connectivity index (χ1v) is 5.52. The van der Waals surface area contributed by atoms with Gasteiger partial charge in [-0.05, 0) is 19.9 Å². The van der Waals surface area contributed by atoms with Crippen LogP contribution in [0.15, 0.2) is 6.07 Å². The maximum atomic E-state index is 13.6. The third-order valence-electron chi connectivity index (χ3n) is 2.74. The fourth-order valence-corrected chi connectivity index (χ4v) is 1.67. The molecule has 1 aromatic carbocycles. The van der Waals surface area contributed by atoms with E-state index in [1.165, 1.54) is 0 Å². The lowest BCUT2D eigenvalue weighted by atomic mass is 10.1. The number of carbonyl (C=O) groups is 1. The highest BCUT2D eigenvalue weighted by molar-refractivity contribution is 6.05. The average molecular weight is 285 g/mol. The summed E-state index contributed by atoms with van der Waals surface area (Å²) in [5, 5.41) is 17.8. The number of hydrogen-bond donors (Lipinski definition) is 3. The number of phenolic OH excluding ortho intramolecular Hbond substituents is 1. The fourth-order valence-electron chi connectivity index (χ4n) is 1.67. The van der Waals surface area contributed by atoms with E-state index in [2.05, 4.69) is 15.5 Å². The van der Waals surface area contributed by atoms with Crippen LogP contribution >= 0.6 is 0 Å². The van der Waals surface area contributed by atoms with E-state index >= 15 is 0 Å². The van der Waals surface area contributed by atoms with Crippen LogP contribution in [0.1, 0.15) is 21.7 Å². The molecule has 1 heterocycles. The van der Waals surface area contributed by atoms with Crippen molar-refractivity contribution in [1.82, 2.24) is 10.2 Å². The molecule has 0 fully saturated rings. The first-order chi connectivity index (χ1) is 9.32. The van der Waals surface area contributed by atoms with Gasteiger partial charge in [0.05, 0.1) is 22.6 Å². The predicted molar refractivity (Wildman–Crippen MR) is 64.0 cm³/mol. The molecule has 0 bridgehead atoms. The second-order valence-electron chi connectivity index (χ2n) is 4.15. The van der Waals surface area contributed by atoms with Crippen LogP contribution in [0.25, 0.3) is 0 Å². The zero-order chi connectivity index (χ0) is 15.0. The molecule has 106 valence electrons. The van der Waals surface area contributed by atoms with Crippen molar-refractivity contribution >= 4 is 11.6 Å². The van der Waals surface area contributed by atoms with Gasteiger partial charge in [0, 0.05) is 0 Å². The van der Waals surface area contributed by atoms with Gasteiger partial charge in [0.1, 0.15) is 0 Å². The van der Waals surface area contributed by atoms with Crippen LogP contribution in [0.2, 0.25) is 0 Å². The molecule has 0 saturated heterocycles. The van der Waals surface area contributed by atoms with Crippen LogP contribution in [0, 0.1) is 31.3 Å². The Morgan fingerprint density at radius 3 is 2.50 bits per heavy atom. The van der Waals surface area contributed by atoms with Gasteiger partial charge < -0.3 is 10.4 Å². The van der Waals surface area contributed by atoms with Gasteiger partial charge >= 0.3 is 0 Å². The van der Waals surface area contributed by atoms with Crippen molar-refractivity contribution < 1.29 is 23.1 Å². The first-order valence-electron chi connectivity index (χ1n) is 5.52. The molecule has 0 aliphatic rings. The van der Waals surface area contributed by atoms with Crippen molar-refractivity contribution in [2.75, 3.05) is 5.32 Å². The molecule has 8 heteroatoms. The van der Waals surface area contributed by atoms with Gasteiger partial charge in [0.2, 0.25) is 5.82 Å². The van der Waals surface area contributed by atoms with Crippen LogP contribution in [-0.4, -0.2) is 21.2 Å². The van der Waals surface area contributed by atoms with Gasteiger partial charge in [-0.25, -0.2) is 8.78 Å². The second kappa shape index (κ2) is 4.87. The van der Waals surface area contributed by atoms with E-state index in [1.807, 2.05) is 0 Å². The van der Waals surface area contributed by atoms with Crippen molar-refractivity contribution in [3.8, 4) is 5.75 Å². The Kier molecular flexibility index (Phi) is 3.39. The minimum Gasteiger partial charge on any atom is -0.503 e. The van der Waals surface area contributed by atoms with Crippen LogP contribution < -0.4 is 5.32 Å². The van der Waals surface area contributed by atoms with Gasteiger partial charge in [0.15, 0.2) is 17.4 Å². The van der Waals surface area contributed by atoms with Gasteiger partial charge in [0.25, 0.3) is 5.91 Å². The summed E-state index contributed by atoms with van der Waals surface area (Å²) in [5.74, 6) is -7.34. The number of aromatic hydroxyl groups is 1. The molecule has 1 aromatic heterocycles. The zero-order valence-electron chi connectivity index (χ0n) is 10.5. The highest BCUT2D eigenvalue weighted by Gasteiger charge is 2.23. The lowest BCUT2D eigenvalue weighted by Gasteiger charge is -2.08. The molecule has 0 unspecified atom stereocenters. The molecule has 0 aliphatic carbocycles. The van der Waals surface area contributed by atoms with E-state index in [0.717, 1.165) is 0 Å². The van der Waals surface area contributed by atoms with Gasteiger partial charge in [-0.2, -0.15) is 9.49 Å². The van der Waals surface area contributed by atoms with Crippen molar-refractivity contribution in [3.63, 3.8) is 0 Å². The molecule has 5 nitrogen and oxygen atoms in total. The summed E-state index contributed by atoms with van der Waals surface area (Å²) in [6.07, 6.45) is 0. The fraction of sp³-hybridized carbons (Fsp3) is 0.167. The molecule has 0 atom stereocenters. The monoisotopic (exact) mass is 285 g/mol. The summed E-state index contributed by atoms with van der Waals surface area (Å²) in [4.78, 5) is 11.9. The quantitative estimate of drug-likeness (QED) is 0.741. The normalized spacial score (nSPS) is 10.7. The van der Waals surface area contributed by atoms with Gasteiger partial charge in [-0.15, -0.1) is 0 Å². The van der Waals surface area contributed by atoms with Gasteiger partial charge in [-0.1, -0.05) is 0 Å². The third kappa shape index (κ3) is 2.20. The van der Waals surface area contributed by atoms with Crippen LogP contribution in [0.3, 0.4) is 0 Å². The third-order valence-corrected chi connectivity index (χ3v) is 2.74. The smallest absolute Gasteiger partial charge is 0.258 e. The number of aromatic nitrogens is 2. The van der Waals surface area contributed by atoms with E-state index in [0.29, 0.717) is 23.1 Å². The minimum absolute atomic E-state index is 0.304. The molecular formula is C12H10F3N3O2. The molecule has 0 radical (unpaired) electrons. The Morgan fingerprint density at radius 1 is 1.30 bits per heavy atom. The maximum absolute atomic E-state index is 13.6. The average Bonchev–Trinajstić information content (AvgIpc) is 2.72. The molecule has 20 heavy (non-hydrogen) atoms. The topological polar surface area (TPSA) is 78.0 Å². The molecular weight excluding hydrogens is 275 g/mol. The number of H-pyrrole nitrogens is 1. The number of phenols is 1. The molecule has 2 rings (SSSR count). The summed E-state index contributed by atoms with van der Waals surface area (Å²) in [7, 11) is 0. The molecule has 0 saturated carbocycles. The standard InChI is InChI=1S/C12H10F3N3O2/c1-4-10(5(2)18-17-4)16-12(20)6-3-7(13)9(15)11(19)8(6)14/h3,19H,1-2H3,(H,16,20)(H,17,18). The number of halogens is 3. The Balaban J connectivity index is 2.40. The Labute approximate surface area is 111 Å². The van der Waals surface area contributed by atoms with E-state index in [9.17, 15) is 18.0 Å². The molecule has 1 amide bonds. The van der Waals surface area contributed by atoms with E-state index in [4.69, 9.17) is 5.11 Å². The summed E-state index contributed by atoms with van der Waals surface area (Å²) >= 11 is 0. The first kappa shape index (κ1) is 13.9. The van der Waals surface area contributed by atoms with Crippen molar-refractivity contribution in [1.29, 1.82) is 0 Å². The second-order valence-corrected chi connectivity index (χ2v) is 4.15. The molecule has 0 spiro atoms. The number of aryl methyl sites for hydroxylation is 2. The zero-order valence-corrected chi connectivity index (χ0v) is 10.5. The van der Waals surface area contributed by atoms with Crippen molar-refractivity contribution in [3.05, 3.63) is 40.5 Å². The predicted octanol–water partition coefficient (Wildman–Crippen LogP) is 2.40. The molecule has 2 aromatic rings. The number of anilines is 1. The number of carbonyl (C=O) groups excluding carboxylic acids is 1. The SMILES string of the molecule is Cc1n[nH]c(C)c1NC(=O)c1cc(F)c(F)c(O)c1F. The summed E-state index contributed by atoms with van der Waals surface area (Å²) in [5.41, 5.74) is 0.464. The number of hydrogen-bond acceptors (Lipinski definition) is 3. The number of amides is 1. The van der Waals surface area contributed by atoms with Gasteiger partial charge in [-0.3, -0.25) is 9.89 Å². The Hall–Kier alpha value is -2.51.